The zero-order valence-electron chi connectivity index (χ0n) is 14.0. The normalized spacial score (nSPS) is 17.5. The lowest BCUT2D eigenvalue weighted by Crippen LogP contribution is -2.38. The predicted molar refractivity (Wildman–Crippen MR) is 90.0 cm³/mol. The Morgan fingerprint density at radius 3 is 2.52 bits per heavy atom. The van der Waals surface area contributed by atoms with Gasteiger partial charge in [0.1, 0.15) is 0 Å². The number of piperidine rings is 1. The largest absolute Gasteiger partial charge is 0.378 e. The third-order valence-electron chi connectivity index (χ3n) is 4.38. The van der Waals surface area contributed by atoms with Gasteiger partial charge in [0.2, 0.25) is 0 Å². The van der Waals surface area contributed by atoms with E-state index in [4.69, 9.17) is 9.72 Å². The molecule has 1 aromatic rings. The molecule has 0 spiro atoms. The standard InChI is InChI=1S/C16H29N3OS/c1-16(2,3)12-6-8-19(9-7-12)15-18-13(11-20-5)14(21-15)10-17-4/h12,17H,6-11H2,1-5H3. The van der Waals surface area contributed by atoms with Crippen LogP contribution in [0.15, 0.2) is 0 Å². The summed E-state index contributed by atoms with van der Waals surface area (Å²) in [6, 6.07) is 0. The van der Waals surface area contributed by atoms with E-state index in [9.17, 15) is 0 Å². The molecule has 0 saturated carbocycles. The first-order valence-electron chi connectivity index (χ1n) is 7.82. The van der Waals surface area contributed by atoms with Gasteiger partial charge in [-0.3, -0.25) is 0 Å². The van der Waals surface area contributed by atoms with Crippen LogP contribution in [-0.4, -0.2) is 32.2 Å². The third-order valence-corrected chi connectivity index (χ3v) is 5.53. The highest BCUT2D eigenvalue weighted by atomic mass is 32.1. The molecule has 4 nitrogen and oxygen atoms in total. The lowest BCUT2D eigenvalue weighted by molar-refractivity contribution is 0.181. The maximum atomic E-state index is 5.28. The van der Waals surface area contributed by atoms with Crippen molar-refractivity contribution in [1.29, 1.82) is 0 Å². The minimum absolute atomic E-state index is 0.424. The van der Waals surface area contributed by atoms with E-state index in [2.05, 4.69) is 31.0 Å². The number of nitrogens with zero attached hydrogens (tertiary/aromatic N) is 2. The Morgan fingerprint density at radius 1 is 1.33 bits per heavy atom. The van der Waals surface area contributed by atoms with Crippen molar-refractivity contribution < 1.29 is 4.74 Å². The maximum absolute atomic E-state index is 5.28. The summed E-state index contributed by atoms with van der Waals surface area (Å²) in [7, 11) is 3.71. The second-order valence-corrected chi connectivity index (χ2v) is 8.02. The molecule has 5 heteroatoms. The molecule has 2 heterocycles. The highest BCUT2D eigenvalue weighted by Gasteiger charge is 2.30. The quantitative estimate of drug-likeness (QED) is 0.905. The molecule has 1 aliphatic rings. The van der Waals surface area contributed by atoms with E-state index in [1.54, 1.807) is 7.11 Å². The topological polar surface area (TPSA) is 37.4 Å². The second kappa shape index (κ2) is 7.07. The molecule has 2 rings (SSSR count). The number of methoxy groups -OCH3 is 1. The van der Waals surface area contributed by atoms with Gasteiger partial charge in [-0.25, -0.2) is 4.98 Å². The molecule has 0 unspecified atom stereocenters. The molecule has 1 aliphatic heterocycles. The van der Waals surface area contributed by atoms with E-state index < -0.39 is 0 Å². The first-order chi connectivity index (χ1) is 9.95. The molecule has 0 amide bonds. The number of rotatable bonds is 5. The summed E-state index contributed by atoms with van der Waals surface area (Å²) in [5.41, 5.74) is 1.51. The Balaban J connectivity index is 2.04. The average molecular weight is 311 g/mol. The van der Waals surface area contributed by atoms with Crippen molar-refractivity contribution in [2.75, 3.05) is 32.1 Å². The van der Waals surface area contributed by atoms with Crippen LogP contribution in [0.2, 0.25) is 0 Å². The van der Waals surface area contributed by atoms with Gasteiger partial charge in [-0.05, 0) is 31.2 Å². The van der Waals surface area contributed by atoms with Crippen LogP contribution in [0.3, 0.4) is 0 Å². The summed E-state index contributed by atoms with van der Waals surface area (Å²) >= 11 is 1.81. The van der Waals surface area contributed by atoms with E-state index in [1.165, 1.54) is 22.9 Å². The first-order valence-corrected chi connectivity index (χ1v) is 8.64. The molecule has 0 aromatic carbocycles. The number of nitrogens with one attached hydrogen (secondary N) is 1. The van der Waals surface area contributed by atoms with E-state index >= 15 is 0 Å². The SMILES string of the molecule is CNCc1sc(N2CCC(C(C)(C)C)CC2)nc1COC. The highest BCUT2D eigenvalue weighted by Crippen LogP contribution is 2.37. The predicted octanol–water partition coefficient (Wildman–Crippen LogP) is 3.27. The van der Waals surface area contributed by atoms with E-state index in [0.717, 1.165) is 31.2 Å². The number of anilines is 1. The van der Waals surface area contributed by atoms with Gasteiger partial charge in [-0.2, -0.15) is 0 Å². The fourth-order valence-electron chi connectivity index (χ4n) is 2.99. The van der Waals surface area contributed by atoms with E-state index in [1.807, 2.05) is 18.4 Å². The summed E-state index contributed by atoms with van der Waals surface area (Å²) in [6.07, 6.45) is 2.54. The zero-order valence-corrected chi connectivity index (χ0v) is 14.8. The molecule has 1 saturated heterocycles. The van der Waals surface area contributed by atoms with Crippen LogP contribution in [0.4, 0.5) is 5.13 Å². The lowest BCUT2D eigenvalue weighted by Gasteiger charge is -2.38. The first kappa shape index (κ1) is 16.7. The van der Waals surface area contributed by atoms with Gasteiger partial charge in [-0.15, -0.1) is 11.3 Å². The van der Waals surface area contributed by atoms with Crippen LogP contribution in [0, 0.1) is 11.3 Å². The fraction of sp³-hybridized carbons (Fsp3) is 0.812. The number of hydrogen-bond donors (Lipinski definition) is 1. The van der Waals surface area contributed by atoms with Crippen molar-refractivity contribution in [3.05, 3.63) is 10.6 Å². The van der Waals surface area contributed by atoms with Gasteiger partial charge in [0.25, 0.3) is 0 Å². The maximum Gasteiger partial charge on any atom is 0.185 e. The van der Waals surface area contributed by atoms with E-state index in [0.29, 0.717) is 12.0 Å². The Morgan fingerprint density at radius 2 is 2.00 bits per heavy atom. The van der Waals surface area contributed by atoms with Gasteiger partial charge in [0, 0.05) is 31.6 Å². The van der Waals surface area contributed by atoms with E-state index in [-0.39, 0.29) is 0 Å². The number of thiazole rings is 1. The van der Waals surface area contributed by atoms with Crippen molar-refractivity contribution >= 4 is 16.5 Å². The van der Waals surface area contributed by atoms with Crippen LogP contribution in [0.25, 0.3) is 0 Å². The Labute approximate surface area is 132 Å². The summed E-state index contributed by atoms with van der Waals surface area (Å²) in [5.74, 6) is 0.823. The average Bonchev–Trinajstić information content (AvgIpc) is 2.82. The van der Waals surface area contributed by atoms with Gasteiger partial charge in [-0.1, -0.05) is 20.8 Å². The smallest absolute Gasteiger partial charge is 0.185 e. The molecule has 21 heavy (non-hydrogen) atoms. The van der Waals surface area contributed by atoms with Crippen molar-refractivity contribution in [1.82, 2.24) is 10.3 Å². The van der Waals surface area contributed by atoms with Gasteiger partial charge in [0.15, 0.2) is 5.13 Å². The summed E-state index contributed by atoms with van der Waals surface area (Å²) in [6.45, 7) is 10.8. The second-order valence-electron chi connectivity index (χ2n) is 6.96. The molecule has 0 radical (unpaired) electrons. The molecule has 1 aromatic heterocycles. The van der Waals surface area contributed by atoms with Crippen molar-refractivity contribution in [2.24, 2.45) is 11.3 Å². The molecule has 1 fully saturated rings. The molecular formula is C16H29N3OS. The minimum Gasteiger partial charge on any atom is -0.378 e. The lowest BCUT2D eigenvalue weighted by atomic mass is 9.75. The van der Waals surface area contributed by atoms with Crippen LogP contribution in [-0.2, 0) is 17.9 Å². The Hall–Kier alpha value is -0.650. The van der Waals surface area contributed by atoms with Crippen LogP contribution in [0.5, 0.6) is 0 Å². The molecule has 0 bridgehead atoms. The Bertz CT molecular complexity index is 421. The number of ether oxygens (including phenoxy) is 1. The van der Waals surface area contributed by atoms with Crippen molar-refractivity contribution in [2.45, 2.75) is 46.8 Å². The third kappa shape index (κ3) is 4.18. The van der Waals surface area contributed by atoms with Crippen LogP contribution in [0.1, 0.15) is 44.2 Å². The fourth-order valence-corrected chi connectivity index (χ4v) is 4.12. The number of hydrogen-bond acceptors (Lipinski definition) is 5. The molecular weight excluding hydrogens is 282 g/mol. The van der Waals surface area contributed by atoms with Crippen LogP contribution >= 0.6 is 11.3 Å². The summed E-state index contributed by atoms with van der Waals surface area (Å²) in [5, 5.41) is 4.39. The van der Waals surface area contributed by atoms with Gasteiger partial charge >= 0.3 is 0 Å². The molecule has 0 atom stereocenters. The summed E-state index contributed by atoms with van der Waals surface area (Å²) < 4.78 is 5.28. The van der Waals surface area contributed by atoms with Crippen LogP contribution < -0.4 is 10.2 Å². The monoisotopic (exact) mass is 311 g/mol. The van der Waals surface area contributed by atoms with Crippen molar-refractivity contribution in [3.63, 3.8) is 0 Å². The zero-order chi connectivity index (χ0) is 15.5. The Kier molecular flexibility index (Phi) is 5.63. The van der Waals surface area contributed by atoms with Gasteiger partial charge in [0.05, 0.1) is 12.3 Å². The minimum atomic E-state index is 0.424. The molecule has 1 N–H and O–H groups in total. The van der Waals surface area contributed by atoms with Crippen molar-refractivity contribution in [3.8, 4) is 0 Å². The molecule has 120 valence electrons. The highest BCUT2D eigenvalue weighted by molar-refractivity contribution is 7.15. The summed E-state index contributed by atoms with van der Waals surface area (Å²) in [4.78, 5) is 8.56. The number of aromatic nitrogens is 1. The van der Waals surface area contributed by atoms with Gasteiger partial charge < -0.3 is 15.0 Å². The molecule has 0 aliphatic carbocycles.